The largest absolute Gasteiger partial charge is 0.480 e. The molecule has 2 aromatic rings. The van der Waals surface area contributed by atoms with Crippen molar-refractivity contribution in [1.29, 1.82) is 0 Å². The van der Waals surface area contributed by atoms with E-state index in [0.717, 1.165) is 5.52 Å². The normalized spacial score (nSPS) is 18.0. The van der Waals surface area contributed by atoms with E-state index in [4.69, 9.17) is 5.11 Å². The second-order valence-electron chi connectivity index (χ2n) is 5.50. The second-order valence-corrected chi connectivity index (χ2v) is 5.50. The minimum atomic E-state index is -0.990. The predicted molar refractivity (Wildman–Crippen MR) is 79.5 cm³/mol. The van der Waals surface area contributed by atoms with E-state index in [0.29, 0.717) is 24.9 Å². The van der Waals surface area contributed by atoms with Crippen LogP contribution in [0.4, 0.5) is 0 Å². The zero-order valence-electron chi connectivity index (χ0n) is 12.2. The van der Waals surface area contributed by atoms with E-state index in [1.54, 1.807) is 19.2 Å². The van der Waals surface area contributed by atoms with Gasteiger partial charge in [-0.25, -0.2) is 9.59 Å². The summed E-state index contributed by atoms with van der Waals surface area (Å²) in [5.74, 6) is -1.32. The number of fused-ring (bicyclic) bond motifs is 1. The molecule has 1 aliphatic heterocycles. The molecule has 0 aliphatic carbocycles. The maximum atomic E-state index is 12.4. The van der Waals surface area contributed by atoms with Crippen LogP contribution in [-0.2, 0) is 23.2 Å². The third kappa shape index (κ3) is 2.18. The lowest BCUT2D eigenvalue weighted by Gasteiger charge is -2.21. The number of aliphatic carboxylic acids is 1. The highest BCUT2D eigenvalue weighted by molar-refractivity contribution is 5.85. The van der Waals surface area contributed by atoms with E-state index >= 15 is 0 Å². The van der Waals surface area contributed by atoms with Gasteiger partial charge in [0.05, 0.1) is 11.0 Å². The van der Waals surface area contributed by atoms with Crippen LogP contribution in [0.15, 0.2) is 29.1 Å². The lowest BCUT2D eigenvalue weighted by Crippen LogP contribution is -2.43. The fourth-order valence-corrected chi connectivity index (χ4v) is 3.06. The summed E-state index contributed by atoms with van der Waals surface area (Å²) in [7, 11) is 1.65. The van der Waals surface area contributed by atoms with Crippen molar-refractivity contribution in [2.45, 2.75) is 25.4 Å². The summed E-state index contributed by atoms with van der Waals surface area (Å²) in [6, 6.07) is 6.45. The van der Waals surface area contributed by atoms with Gasteiger partial charge in [-0.1, -0.05) is 12.1 Å². The molecule has 1 N–H and O–H groups in total. The van der Waals surface area contributed by atoms with Gasteiger partial charge in [0.2, 0.25) is 5.91 Å². The number of hydrogen-bond acceptors (Lipinski definition) is 3. The SMILES string of the molecule is Cn1c(=O)n(CC(=O)N2CCC[C@@H]2C(=O)O)c2ccccc21. The number of carbonyl (C=O) groups is 2. The lowest BCUT2D eigenvalue weighted by atomic mass is 10.2. The molecule has 1 fully saturated rings. The number of hydrogen-bond donors (Lipinski definition) is 1. The summed E-state index contributed by atoms with van der Waals surface area (Å²) in [5, 5.41) is 9.16. The van der Waals surface area contributed by atoms with Gasteiger partial charge in [-0.3, -0.25) is 13.9 Å². The van der Waals surface area contributed by atoms with Gasteiger partial charge in [-0.05, 0) is 25.0 Å². The van der Waals surface area contributed by atoms with Crippen molar-refractivity contribution in [1.82, 2.24) is 14.0 Å². The Kier molecular flexibility index (Phi) is 3.48. The molecule has 0 spiro atoms. The van der Waals surface area contributed by atoms with Crippen LogP contribution in [0.2, 0.25) is 0 Å². The van der Waals surface area contributed by atoms with E-state index in [2.05, 4.69) is 0 Å². The van der Waals surface area contributed by atoms with Crippen LogP contribution in [0.3, 0.4) is 0 Å². The Morgan fingerprint density at radius 2 is 1.95 bits per heavy atom. The van der Waals surface area contributed by atoms with E-state index < -0.39 is 12.0 Å². The molecule has 7 heteroatoms. The number of carboxylic acids is 1. The van der Waals surface area contributed by atoms with E-state index in [-0.39, 0.29) is 18.1 Å². The van der Waals surface area contributed by atoms with Gasteiger partial charge in [-0.15, -0.1) is 0 Å². The third-order valence-electron chi connectivity index (χ3n) is 4.20. The number of amides is 1. The molecule has 0 saturated carbocycles. The average molecular weight is 303 g/mol. The number of rotatable bonds is 3. The number of benzene rings is 1. The fourth-order valence-electron chi connectivity index (χ4n) is 3.06. The number of likely N-dealkylation sites (tertiary alicyclic amines) is 1. The van der Waals surface area contributed by atoms with Crippen molar-refractivity contribution in [3.63, 3.8) is 0 Å². The van der Waals surface area contributed by atoms with Crippen LogP contribution in [0.1, 0.15) is 12.8 Å². The first-order valence-electron chi connectivity index (χ1n) is 7.17. The van der Waals surface area contributed by atoms with E-state index in [9.17, 15) is 14.4 Å². The molecule has 22 heavy (non-hydrogen) atoms. The maximum Gasteiger partial charge on any atom is 0.329 e. The molecule has 0 unspecified atom stereocenters. The second kappa shape index (κ2) is 5.32. The zero-order valence-corrected chi connectivity index (χ0v) is 12.2. The van der Waals surface area contributed by atoms with Crippen molar-refractivity contribution < 1.29 is 14.7 Å². The van der Waals surface area contributed by atoms with Gasteiger partial charge in [0.1, 0.15) is 12.6 Å². The minimum absolute atomic E-state index is 0.135. The Labute approximate surface area is 126 Å². The van der Waals surface area contributed by atoms with Crippen molar-refractivity contribution in [2.24, 2.45) is 7.05 Å². The van der Waals surface area contributed by atoms with Crippen LogP contribution in [0.25, 0.3) is 11.0 Å². The molecule has 116 valence electrons. The topological polar surface area (TPSA) is 84.5 Å². The van der Waals surface area contributed by atoms with Crippen molar-refractivity contribution >= 4 is 22.9 Å². The molecule has 0 radical (unpaired) electrons. The van der Waals surface area contributed by atoms with Crippen LogP contribution < -0.4 is 5.69 Å². The van der Waals surface area contributed by atoms with Crippen molar-refractivity contribution in [2.75, 3.05) is 6.54 Å². The standard InChI is InChI=1S/C15H17N3O4/c1-16-10-5-2-3-6-11(10)18(15(16)22)9-13(19)17-8-4-7-12(17)14(20)21/h2-3,5-6,12H,4,7-9H2,1H3,(H,20,21)/t12-/m1/s1. The molecular weight excluding hydrogens is 286 g/mol. The Balaban J connectivity index is 1.94. The molecule has 1 amide bonds. The minimum Gasteiger partial charge on any atom is -0.480 e. The van der Waals surface area contributed by atoms with Crippen LogP contribution in [-0.4, -0.2) is 43.6 Å². The highest BCUT2D eigenvalue weighted by Crippen LogP contribution is 2.19. The summed E-state index contributed by atoms with van der Waals surface area (Å²) >= 11 is 0. The molecule has 1 atom stereocenters. The van der Waals surface area contributed by atoms with E-state index in [1.165, 1.54) is 14.0 Å². The number of imidazole rings is 1. The number of aryl methyl sites for hydroxylation is 1. The van der Waals surface area contributed by atoms with Gasteiger partial charge < -0.3 is 10.0 Å². The summed E-state index contributed by atoms with van der Waals surface area (Å²) in [6.45, 7) is 0.291. The number of aromatic nitrogens is 2. The highest BCUT2D eigenvalue weighted by atomic mass is 16.4. The number of nitrogens with zero attached hydrogens (tertiary/aromatic N) is 3. The fraction of sp³-hybridized carbons (Fsp3) is 0.400. The Morgan fingerprint density at radius 3 is 2.64 bits per heavy atom. The first-order valence-corrected chi connectivity index (χ1v) is 7.17. The van der Waals surface area contributed by atoms with E-state index in [1.807, 2.05) is 12.1 Å². The summed E-state index contributed by atoms with van der Waals surface area (Å²) in [4.78, 5) is 37.3. The van der Waals surface area contributed by atoms with Gasteiger partial charge in [0.25, 0.3) is 0 Å². The van der Waals surface area contributed by atoms with Gasteiger partial charge in [0, 0.05) is 13.6 Å². The van der Waals surface area contributed by atoms with Gasteiger partial charge in [-0.2, -0.15) is 0 Å². The van der Waals surface area contributed by atoms with Crippen LogP contribution >= 0.6 is 0 Å². The van der Waals surface area contributed by atoms with Gasteiger partial charge in [0.15, 0.2) is 0 Å². The Hall–Kier alpha value is -2.57. The van der Waals surface area contributed by atoms with Crippen LogP contribution in [0, 0.1) is 0 Å². The van der Waals surface area contributed by atoms with Crippen LogP contribution in [0.5, 0.6) is 0 Å². The molecule has 1 saturated heterocycles. The molecule has 0 bridgehead atoms. The molecule has 3 rings (SSSR count). The number of carboxylic acid groups (broad SMARTS) is 1. The first kappa shape index (κ1) is 14.4. The summed E-state index contributed by atoms with van der Waals surface area (Å²) in [5.41, 5.74) is 1.14. The quantitative estimate of drug-likeness (QED) is 0.890. The maximum absolute atomic E-state index is 12.4. The predicted octanol–water partition coefficient (Wildman–Crippen LogP) is 0.416. The van der Waals surface area contributed by atoms with Gasteiger partial charge >= 0.3 is 11.7 Å². The smallest absolute Gasteiger partial charge is 0.329 e. The molecule has 2 heterocycles. The molecule has 1 aromatic carbocycles. The van der Waals surface area contributed by atoms with Crippen molar-refractivity contribution in [3.05, 3.63) is 34.7 Å². The molecule has 7 nitrogen and oxygen atoms in total. The lowest BCUT2D eigenvalue weighted by molar-refractivity contribution is -0.148. The number of carbonyl (C=O) groups excluding carboxylic acids is 1. The molecule has 1 aliphatic rings. The Bertz CT molecular complexity index is 805. The summed E-state index contributed by atoms with van der Waals surface area (Å²) < 4.78 is 2.89. The monoisotopic (exact) mass is 303 g/mol. The summed E-state index contributed by atoms with van der Waals surface area (Å²) in [6.07, 6.45) is 1.14. The Morgan fingerprint density at radius 1 is 1.27 bits per heavy atom. The molecular formula is C15H17N3O4. The van der Waals surface area contributed by atoms with Crippen molar-refractivity contribution in [3.8, 4) is 0 Å². The molecule has 1 aromatic heterocycles. The highest BCUT2D eigenvalue weighted by Gasteiger charge is 2.34. The third-order valence-corrected chi connectivity index (χ3v) is 4.20. The average Bonchev–Trinajstić information content (AvgIpc) is 3.08. The zero-order chi connectivity index (χ0) is 15.9. The first-order chi connectivity index (χ1) is 10.5. The number of para-hydroxylation sites is 2.